The molecule has 0 spiro atoms. The molecule has 1 aromatic carbocycles. The number of guanidine groups is 1. The maximum Gasteiger partial charge on any atom is 0.189 e. The van der Waals surface area contributed by atoms with Gasteiger partial charge < -0.3 is 15.8 Å². The van der Waals surface area contributed by atoms with Crippen LogP contribution in [0, 0.1) is 0 Å². The average molecular weight is 345 g/mol. The van der Waals surface area contributed by atoms with Gasteiger partial charge in [0, 0.05) is 25.7 Å². The predicted octanol–water partition coefficient (Wildman–Crippen LogP) is 2.65. The minimum absolute atomic E-state index is 0.495. The number of ether oxygens (including phenoxy) is 1. The van der Waals surface area contributed by atoms with Crippen molar-refractivity contribution in [2.75, 3.05) is 26.3 Å². The second kappa shape index (κ2) is 9.78. The summed E-state index contributed by atoms with van der Waals surface area (Å²) in [5.41, 5.74) is 8.76. The van der Waals surface area contributed by atoms with Gasteiger partial charge in [0.15, 0.2) is 5.96 Å². The van der Waals surface area contributed by atoms with E-state index in [0.717, 1.165) is 32.8 Å². The molecule has 1 aliphatic carbocycles. The molecule has 1 saturated heterocycles. The molecule has 1 saturated carbocycles. The van der Waals surface area contributed by atoms with E-state index in [0.29, 0.717) is 18.5 Å². The lowest BCUT2D eigenvalue weighted by Crippen LogP contribution is -2.39. The van der Waals surface area contributed by atoms with Crippen LogP contribution in [-0.2, 0) is 17.8 Å². The highest BCUT2D eigenvalue weighted by Gasteiger charge is 2.14. The smallest absolute Gasteiger partial charge is 0.189 e. The molecule has 0 radical (unpaired) electrons. The normalized spacial score (nSPS) is 21.0. The lowest BCUT2D eigenvalue weighted by molar-refractivity contribution is 0.0341. The van der Waals surface area contributed by atoms with Crippen LogP contribution in [-0.4, -0.2) is 43.2 Å². The van der Waals surface area contributed by atoms with E-state index in [9.17, 15) is 0 Å². The summed E-state index contributed by atoms with van der Waals surface area (Å²) in [6.07, 6.45) is 7.72. The van der Waals surface area contributed by atoms with Gasteiger partial charge in [0.1, 0.15) is 0 Å². The molecule has 0 bridgehead atoms. The van der Waals surface area contributed by atoms with E-state index in [2.05, 4.69) is 39.5 Å². The van der Waals surface area contributed by atoms with E-state index >= 15 is 0 Å². The van der Waals surface area contributed by atoms with Crippen LogP contribution < -0.4 is 11.1 Å². The second-order valence-electron chi connectivity index (χ2n) is 7.19. The van der Waals surface area contributed by atoms with Crippen LogP contribution in [0.4, 0.5) is 0 Å². The molecule has 5 heteroatoms. The zero-order valence-corrected chi connectivity index (χ0v) is 15.3. The molecule has 3 rings (SSSR count). The van der Waals surface area contributed by atoms with Crippen molar-refractivity contribution in [3.8, 4) is 0 Å². The van der Waals surface area contributed by atoms with Crippen LogP contribution >= 0.6 is 0 Å². The molecule has 2 fully saturated rings. The van der Waals surface area contributed by atoms with Gasteiger partial charge in [-0.1, -0.05) is 49.9 Å². The predicted molar refractivity (Wildman–Crippen MR) is 102 cm³/mol. The van der Waals surface area contributed by atoms with Crippen LogP contribution in [0.1, 0.15) is 49.7 Å². The topological polar surface area (TPSA) is 62.9 Å². The summed E-state index contributed by atoms with van der Waals surface area (Å²) in [6.45, 7) is 5.28. The number of morpholine rings is 1. The Bertz CT molecular complexity index is 546. The van der Waals surface area contributed by atoms with Crippen molar-refractivity contribution < 1.29 is 4.74 Å². The molecule has 0 amide bonds. The zero-order chi connectivity index (χ0) is 17.3. The molecule has 1 aromatic rings. The van der Waals surface area contributed by atoms with Gasteiger partial charge in [0.25, 0.3) is 0 Å². The van der Waals surface area contributed by atoms with Gasteiger partial charge in [-0.15, -0.1) is 0 Å². The number of nitrogens with one attached hydrogen (secondary N) is 1. The molecule has 0 aromatic heterocycles. The lowest BCUT2D eigenvalue weighted by Gasteiger charge is -2.27. The first-order chi connectivity index (χ1) is 12.3. The third-order valence-corrected chi connectivity index (χ3v) is 5.24. The van der Waals surface area contributed by atoms with Crippen molar-refractivity contribution in [3.05, 3.63) is 35.4 Å². The summed E-state index contributed by atoms with van der Waals surface area (Å²) in [5.74, 6) is 0.591. The Balaban J connectivity index is 1.56. The largest absolute Gasteiger partial charge is 0.379 e. The molecule has 3 N–H and O–H groups in total. The summed E-state index contributed by atoms with van der Waals surface area (Å²) in [6, 6.07) is 9.06. The first-order valence-corrected chi connectivity index (χ1v) is 9.74. The highest BCUT2D eigenvalue weighted by atomic mass is 16.5. The van der Waals surface area contributed by atoms with Crippen LogP contribution in [0.25, 0.3) is 0 Å². The third-order valence-electron chi connectivity index (χ3n) is 5.24. The van der Waals surface area contributed by atoms with Crippen LogP contribution in [0.15, 0.2) is 29.3 Å². The summed E-state index contributed by atoms with van der Waals surface area (Å²) in [5, 5.41) is 3.43. The number of benzene rings is 1. The molecule has 25 heavy (non-hydrogen) atoms. The summed E-state index contributed by atoms with van der Waals surface area (Å²) < 4.78 is 5.44. The maximum atomic E-state index is 6.15. The van der Waals surface area contributed by atoms with Gasteiger partial charge >= 0.3 is 0 Å². The Hall–Kier alpha value is -1.59. The fourth-order valence-corrected chi connectivity index (χ4v) is 3.72. The number of aliphatic imine (C=N–C) groups is 1. The third kappa shape index (κ3) is 6.01. The van der Waals surface area contributed by atoms with E-state index in [1.807, 2.05) is 0 Å². The number of rotatable bonds is 5. The molecular weight excluding hydrogens is 312 g/mol. The van der Waals surface area contributed by atoms with Gasteiger partial charge in [-0.05, 0) is 24.0 Å². The van der Waals surface area contributed by atoms with E-state index in [1.165, 1.54) is 49.7 Å². The van der Waals surface area contributed by atoms with Gasteiger partial charge in [-0.2, -0.15) is 0 Å². The van der Waals surface area contributed by atoms with Crippen LogP contribution in [0.2, 0.25) is 0 Å². The highest BCUT2D eigenvalue weighted by molar-refractivity contribution is 5.78. The first-order valence-electron chi connectivity index (χ1n) is 9.74. The lowest BCUT2D eigenvalue weighted by atomic mass is 10.1. The number of nitrogens with two attached hydrogens (primary N) is 1. The Kier molecular flexibility index (Phi) is 7.12. The number of nitrogens with zero attached hydrogens (tertiary/aromatic N) is 2. The first kappa shape index (κ1) is 18.2. The Morgan fingerprint density at radius 1 is 1.08 bits per heavy atom. The van der Waals surface area contributed by atoms with E-state index in [-0.39, 0.29) is 0 Å². The van der Waals surface area contributed by atoms with Crippen molar-refractivity contribution in [2.45, 2.75) is 57.7 Å². The quantitative estimate of drug-likeness (QED) is 0.490. The summed E-state index contributed by atoms with van der Waals surface area (Å²) in [7, 11) is 0. The minimum Gasteiger partial charge on any atom is -0.379 e. The highest BCUT2D eigenvalue weighted by Crippen LogP contribution is 2.17. The summed E-state index contributed by atoms with van der Waals surface area (Å²) in [4.78, 5) is 7.06. The monoisotopic (exact) mass is 344 g/mol. The second-order valence-corrected chi connectivity index (χ2v) is 7.19. The Labute approximate surface area is 151 Å². The van der Waals surface area contributed by atoms with Gasteiger partial charge in [0.05, 0.1) is 19.8 Å². The standard InChI is InChI=1S/C20H32N4O/c21-20(23-19-9-3-1-2-4-10-19)22-15-17-7-5-6-8-18(17)16-24-11-13-25-14-12-24/h5-8,19H,1-4,9-16H2,(H3,21,22,23). The zero-order valence-electron chi connectivity index (χ0n) is 15.3. The molecule has 5 nitrogen and oxygen atoms in total. The fourth-order valence-electron chi connectivity index (χ4n) is 3.72. The van der Waals surface area contributed by atoms with Crippen LogP contribution in [0.3, 0.4) is 0 Å². The maximum absolute atomic E-state index is 6.15. The molecular formula is C20H32N4O. The van der Waals surface area contributed by atoms with Crippen molar-refractivity contribution in [1.29, 1.82) is 0 Å². The van der Waals surface area contributed by atoms with Crippen molar-refractivity contribution in [1.82, 2.24) is 10.2 Å². The Morgan fingerprint density at radius 3 is 2.48 bits per heavy atom. The number of hydrogen-bond donors (Lipinski definition) is 2. The molecule has 138 valence electrons. The average Bonchev–Trinajstić information content (AvgIpc) is 2.90. The van der Waals surface area contributed by atoms with Crippen molar-refractivity contribution in [2.24, 2.45) is 10.7 Å². The summed E-state index contributed by atoms with van der Waals surface area (Å²) >= 11 is 0. The van der Waals surface area contributed by atoms with E-state index < -0.39 is 0 Å². The van der Waals surface area contributed by atoms with Gasteiger partial charge in [-0.25, -0.2) is 4.99 Å². The molecule has 0 unspecified atom stereocenters. The molecule has 1 heterocycles. The molecule has 1 aliphatic heterocycles. The minimum atomic E-state index is 0.495. The van der Waals surface area contributed by atoms with Crippen molar-refractivity contribution in [3.63, 3.8) is 0 Å². The van der Waals surface area contributed by atoms with E-state index in [4.69, 9.17) is 10.5 Å². The number of hydrogen-bond acceptors (Lipinski definition) is 3. The fraction of sp³-hybridized carbons (Fsp3) is 0.650. The van der Waals surface area contributed by atoms with E-state index in [1.54, 1.807) is 0 Å². The van der Waals surface area contributed by atoms with Gasteiger partial charge in [-0.3, -0.25) is 4.90 Å². The van der Waals surface area contributed by atoms with Crippen molar-refractivity contribution >= 4 is 5.96 Å². The van der Waals surface area contributed by atoms with Gasteiger partial charge in [0.2, 0.25) is 0 Å². The Morgan fingerprint density at radius 2 is 1.76 bits per heavy atom. The molecule has 0 atom stereocenters. The SMILES string of the molecule is NC(=NCc1ccccc1CN1CCOCC1)NC1CCCCCC1. The molecule has 2 aliphatic rings. The van der Waals surface area contributed by atoms with Crippen LogP contribution in [0.5, 0.6) is 0 Å².